The van der Waals surface area contributed by atoms with E-state index in [1.807, 2.05) is 32.6 Å². The van der Waals surface area contributed by atoms with Crippen molar-refractivity contribution in [2.24, 2.45) is 5.73 Å². The summed E-state index contributed by atoms with van der Waals surface area (Å²) in [5, 5.41) is 9.41. The van der Waals surface area contributed by atoms with Crippen LogP contribution in [0.4, 0.5) is 10.1 Å². The van der Waals surface area contributed by atoms with E-state index >= 15 is 0 Å². The fourth-order valence-corrected chi connectivity index (χ4v) is 3.47. The van der Waals surface area contributed by atoms with Crippen molar-refractivity contribution in [2.45, 2.75) is 45.2 Å². The van der Waals surface area contributed by atoms with E-state index in [4.69, 9.17) is 5.73 Å². The number of carboxylic acid groups (broad SMARTS) is 1. The average molecular weight is 361 g/mol. The zero-order valence-corrected chi connectivity index (χ0v) is 15.5. The highest BCUT2D eigenvalue weighted by Crippen LogP contribution is 2.31. The molecule has 3 N–H and O–H groups in total. The summed E-state index contributed by atoms with van der Waals surface area (Å²) >= 11 is 0. The Bertz CT molecular complexity index is 957. The Labute approximate surface area is 151 Å². The van der Waals surface area contributed by atoms with Gasteiger partial charge in [-0.15, -0.1) is 0 Å². The first-order valence-electron chi connectivity index (χ1n) is 8.57. The number of rotatable bonds is 2. The highest BCUT2D eigenvalue weighted by atomic mass is 19.1. The summed E-state index contributed by atoms with van der Waals surface area (Å²) in [6.45, 7) is 8.77. The predicted molar refractivity (Wildman–Crippen MR) is 99.5 cm³/mol. The van der Waals surface area contributed by atoms with Gasteiger partial charge >= 0.3 is 5.97 Å². The van der Waals surface area contributed by atoms with Gasteiger partial charge < -0.3 is 20.3 Å². The number of carbonyl (C=O) groups is 1. The van der Waals surface area contributed by atoms with Crippen LogP contribution in [0.25, 0.3) is 10.9 Å². The molecular weight excluding hydrogens is 337 g/mol. The molecule has 1 saturated heterocycles. The third-order valence-electron chi connectivity index (χ3n) is 4.87. The minimum atomic E-state index is -1.32. The number of aromatic carboxylic acids is 1. The van der Waals surface area contributed by atoms with Crippen molar-refractivity contribution >= 4 is 22.6 Å². The van der Waals surface area contributed by atoms with E-state index in [1.165, 1.54) is 6.20 Å². The van der Waals surface area contributed by atoms with E-state index in [-0.39, 0.29) is 10.9 Å². The van der Waals surface area contributed by atoms with Crippen LogP contribution in [-0.2, 0) is 5.54 Å². The Balaban J connectivity index is 2.31. The molecule has 1 aromatic carbocycles. The molecule has 1 aromatic heterocycles. The van der Waals surface area contributed by atoms with Crippen LogP contribution in [-0.4, -0.2) is 34.3 Å². The second-order valence-corrected chi connectivity index (χ2v) is 8.36. The lowest BCUT2D eigenvalue weighted by molar-refractivity contribution is 0.0694. The maximum atomic E-state index is 14.8. The molecule has 2 aromatic rings. The van der Waals surface area contributed by atoms with Gasteiger partial charge in [0, 0.05) is 35.8 Å². The molecule has 1 aliphatic rings. The van der Waals surface area contributed by atoms with Crippen molar-refractivity contribution in [2.75, 3.05) is 18.0 Å². The average Bonchev–Trinajstić information content (AvgIpc) is 2.86. The van der Waals surface area contributed by atoms with Crippen LogP contribution in [0.3, 0.4) is 0 Å². The smallest absolute Gasteiger partial charge is 0.341 e. The second kappa shape index (κ2) is 5.81. The molecule has 6 nitrogen and oxygen atoms in total. The standard InChI is InChI=1S/C19H24FN3O3/c1-18(2,3)23-9-12(17(25)26)16(24)11-7-13(20)15(8-14(11)23)22-6-5-19(4,21)10-22/h7-9H,5-6,10,21H2,1-4H3,(H,25,26). The molecule has 3 rings (SSSR count). The first-order valence-corrected chi connectivity index (χ1v) is 8.57. The van der Waals surface area contributed by atoms with Gasteiger partial charge in [-0.3, -0.25) is 4.79 Å². The van der Waals surface area contributed by atoms with Gasteiger partial charge in [0.15, 0.2) is 0 Å². The van der Waals surface area contributed by atoms with Gasteiger partial charge in [0.05, 0.1) is 11.2 Å². The minimum absolute atomic E-state index is 0.0655. The van der Waals surface area contributed by atoms with Gasteiger partial charge in [-0.2, -0.15) is 0 Å². The van der Waals surface area contributed by atoms with E-state index in [1.54, 1.807) is 10.6 Å². The molecular formula is C19H24FN3O3. The molecule has 1 aliphatic heterocycles. The van der Waals surface area contributed by atoms with Crippen molar-refractivity contribution < 1.29 is 14.3 Å². The molecule has 0 bridgehead atoms. The fraction of sp³-hybridized carbons (Fsp3) is 0.474. The Morgan fingerprint density at radius 3 is 2.50 bits per heavy atom. The van der Waals surface area contributed by atoms with Gasteiger partial charge in [-0.1, -0.05) is 0 Å². The molecule has 1 fully saturated rings. The highest BCUT2D eigenvalue weighted by molar-refractivity contribution is 5.93. The SMILES string of the molecule is CC1(N)CCN(c2cc3c(cc2F)c(=O)c(C(=O)O)cn3C(C)(C)C)C1. The van der Waals surface area contributed by atoms with Crippen molar-refractivity contribution in [1.82, 2.24) is 4.57 Å². The normalized spacial score (nSPS) is 20.8. The van der Waals surface area contributed by atoms with Crippen molar-refractivity contribution in [3.05, 3.63) is 39.9 Å². The van der Waals surface area contributed by atoms with Gasteiger partial charge in [0.2, 0.25) is 5.43 Å². The predicted octanol–water partition coefficient (Wildman–Crippen LogP) is 2.52. The molecule has 0 radical (unpaired) electrons. The number of anilines is 1. The zero-order chi connectivity index (χ0) is 19.4. The molecule has 2 heterocycles. The van der Waals surface area contributed by atoms with E-state index in [0.29, 0.717) is 24.3 Å². The third-order valence-corrected chi connectivity index (χ3v) is 4.87. The van der Waals surface area contributed by atoms with E-state index in [0.717, 1.165) is 12.5 Å². The van der Waals surface area contributed by atoms with Gasteiger partial charge in [0.1, 0.15) is 11.4 Å². The van der Waals surface area contributed by atoms with Crippen LogP contribution in [0, 0.1) is 5.82 Å². The number of aromatic nitrogens is 1. The first kappa shape index (κ1) is 18.4. The summed E-state index contributed by atoms with van der Waals surface area (Å²) in [5.41, 5.74) is 5.13. The lowest BCUT2D eigenvalue weighted by Gasteiger charge is -2.28. The molecule has 1 atom stereocenters. The number of pyridine rings is 1. The monoisotopic (exact) mass is 361 g/mol. The van der Waals surface area contributed by atoms with Crippen LogP contribution in [0.5, 0.6) is 0 Å². The Hall–Kier alpha value is -2.41. The van der Waals surface area contributed by atoms with Gasteiger partial charge in [-0.25, -0.2) is 9.18 Å². The number of halogens is 1. The van der Waals surface area contributed by atoms with Crippen LogP contribution in [0.1, 0.15) is 44.5 Å². The Morgan fingerprint density at radius 2 is 2.00 bits per heavy atom. The van der Waals surface area contributed by atoms with Crippen LogP contribution < -0.4 is 16.1 Å². The number of carboxylic acids is 1. The fourth-order valence-electron chi connectivity index (χ4n) is 3.47. The van der Waals surface area contributed by atoms with E-state index in [2.05, 4.69) is 0 Å². The molecule has 0 spiro atoms. The molecule has 26 heavy (non-hydrogen) atoms. The number of hydrogen-bond acceptors (Lipinski definition) is 4. The van der Waals surface area contributed by atoms with Crippen molar-refractivity contribution in [1.29, 1.82) is 0 Å². The number of hydrogen-bond donors (Lipinski definition) is 2. The summed E-state index contributed by atoms with van der Waals surface area (Å²) < 4.78 is 16.5. The number of nitrogens with zero attached hydrogens (tertiary/aromatic N) is 2. The Morgan fingerprint density at radius 1 is 1.35 bits per heavy atom. The van der Waals surface area contributed by atoms with Crippen LogP contribution >= 0.6 is 0 Å². The summed E-state index contributed by atoms with van der Waals surface area (Å²) in [7, 11) is 0. The van der Waals surface area contributed by atoms with Crippen molar-refractivity contribution in [3.63, 3.8) is 0 Å². The van der Waals surface area contributed by atoms with Crippen molar-refractivity contribution in [3.8, 4) is 0 Å². The first-order chi connectivity index (χ1) is 11.9. The zero-order valence-electron chi connectivity index (χ0n) is 15.5. The van der Waals surface area contributed by atoms with Gasteiger partial charge in [0.25, 0.3) is 0 Å². The van der Waals surface area contributed by atoms with Crippen LogP contribution in [0.2, 0.25) is 0 Å². The minimum Gasteiger partial charge on any atom is -0.477 e. The molecule has 0 saturated carbocycles. The second-order valence-electron chi connectivity index (χ2n) is 8.36. The number of nitrogens with two attached hydrogens (primary N) is 1. The maximum absolute atomic E-state index is 14.8. The molecule has 1 unspecified atom stereocenters. The molecule has 140 valence electrons. The molecule has 0 amide bonds. The Kier molecular flexibility index (Phi) is 4.10. The van der Waals surface area contributed by atoms with Gasteiger partial charge in [-0.05, 0) is 46.2 Å². The van der Waals surface area contributed by atoms with E-state index < -0.39 is 28.3 Å². The summed E-state index contributed by atoms with van der Waals surface area (Å²) in [4.78, 5) is 25.9. The lowest BCUT2D eigenvalue weighted by Crippen LogP contribution is -2.39. The molecule has 7 heteroatoms. The maximum Gasteiger partial charge on any atom is 0.341 e. The third kappa shape index (κ3) is 3.07. The van der Waals surface area contributed by atoms with E-state index in [9.17, 15) is 19.1 Å². The summed E-state index contributed by atoms with van der Waals surface area (Å²) in [6.07, 6.45) is 2.08. The topological polar surface area (TPSA) is 88.6 Å². The summed E-state index contributed by atoms with van der Waals surface area (Å²) in [6, 6.07) is 2.78. The quantitative estimate of drug-likeness (QED) is 0.858. The lowest BCUT2D eigenvalue weighted by atomic mass is 10.0. The largest absolute Gasteiger partial charge is 0.477 e. The molecule has 0 aliphatic carbocycles. The number of fused-ring (bicyclic) bond motifs is 1. The number of benzene rings is 1. The highest BCUT2D eigenvalue weighted by Gasteiger charge is 2.32. The summed E-state index contributed by atoms with van der Waals surface area (Å²) in [5.74, 6) is -1.87. The van der Waals surface area contributed by atoms with Crippen LogP contribution in [0.15, 0.2) is 23.1 Å².